The van der Waals surface area contributed by atoms with Gasteiger partial charge >= 0.3 is 0 Å². The number of unbranched alkanes of at least 4 members (excludes halogenated alkanes) is 1. The molecule has 2 aliphatic heterocycles. The maximum absolute atomic E-state index is 12.6. The first-order valence-electron chi connectivity index (χ1n) is 8.62. The third kappa shape index (κ3) is 4.86. The molecule has 0 saturated carbocycles. The quantitative estimate of drug-likeness (QED) is 0.745. The van der Waals surface area contributed by atoms with Crippen LogP contribution in [0, 0.1) is 0 Å². The van der Waals surface area contributed by atoms with Crippen LogP contribution in [0.1, 0.15) is 46.0 Å². The van der Waals surface area contributed by atoms with Gasteiger partial charge in [0, 0.05) is 37.7 Å². The van der Waals surface area contributed by atoms with Crippen molar-refractivity contribution in [2.24, 2.45) is 0 Å². The molecule has 1 N–H and O–H groups in total. The van der Waals surface area contributed by atoms with Gasteiger partial charge < -0.3 is 4.90 Å². The van der Waals surface area contributed by atoms with Crippen molar-refractivity contribution < 1.29 is 4.79 Å². The number of thioether (sulfide) groups is 1. The minimum atomic E-state index is 0.0680. The highest BCUT2D eigenvalue weighted by Gasteiger charge is 2.37. The fourth-order valence-electron chi connectivity index (χ4n) is 3.21. The van der Waals surface area contributed by atoms with Crippen molar-refractivity contribution in [3.8, 4) is 0 Å². The topological polar surface area (TPSA) is 35.6 Å². The van der Waals surface area contributed by atoms with Gasteiger partial charge in [-0.3, -0.25) is 15.0 Å². The number of amides is 1. The molecule has 0 spiro atoms. The third-order valence-corrected chi connectivity index (χ3v) is 5.46. The second kappa shape index (κ2) is 9.01. The van der Waals surface area contributed by atoms with Crippen LogP contribution >= 0.6 is 11.8 Å². The molecule has 2 saturated heterocycles. The van der Waals surface area contributed by atoms with Crippen LogP contribution in [0.2, 0.25) is 0 Å². The predicted octanol–water partition coefficient (Wildman–Crippen LogP) is 2.15. The van der Waals surface area contributed by atoms with Gasteiger partial charge in [-0.1, -0.05) is 33.1 Å². The maximum Gasteiger partial charge on any atom is 0.241 e. The molecular formula is C16H31N3OS. The van der Waals surface area contributed by atoms with Crippen LogP contribution in [-0.4, -0.2) is 65.6 Å². The molecule has 0 aromatic heterocycles. The van der Waals surface area contributed by atoms with Crippen LogP contribution in [0.5, 0.6) is 0 Å². The molecule has 2 heterocycles. The monoisotopic (exact) mass is 313 g/mol. The molecule has 4 nitrogen and oxygen atoms in total. The summed E-state index contributed by atoms with van der Waals surface area (Å²) in [7, 11) is 0. The lowest BCUT2D eigenvalue weighted by Gasteiger charge is -2.30. The molecule has 0 aromatic carbocycles. The zero-order valence-corrected chi connectivity index (χ0v) is 14.5. The van der Waals surface area contributed by atoms with Crippen molar-refractivity contribution in [1.29, 1.82) is 0 Å². The molecule has 2 unspecified atom stereocenters. The second-order valence-electron chi connectivity index (χ2n) is 6.15. The summed E-state index contributed by atoms with van der Waals surface area (Å²) >= 11 is 2.04. The Balaban J connectivity index is 1.85. The third-order valence-electron chi connectivity index (χ3n) is 4.52. The molecule has 0 aliphatic carbocycles. The molecule has 122 valence electrons. The SMILES string of the molecule is CCCCC1NC(CCC)N(CCN2CCSCC2)C1=O. The van der Waals surface area contributed by atoms with Crippen molar-refractivity contribution in [3.63, 3.8) is 0 Å². The van der Waals surface area contributed by atoms with Gasteiger partial charge in [0.05, 0.1) is 12.2 Å². The van der Waals surface area contributed by atoms with Gasteiger partial charge in [-0.15, -0.1) is 0 Å². The van der Waals surface area contributed by atoms with E-state index < -0.39 is 0 Å². The summed E-state index contributed by atoms with van der Waals surface area (Å²) in [5, 5.41) is 3.57. The lowest BCUT2D eigenvalue weighted by atomic mass is 10.1. The van der Waals surface area contributed by atoms with Gasteiger partial charge in [0.2, 0.25) is 5.91 Å². The van der Waals surface area contributed by atoms with E-state index in [1.807, 2.05) is 11.8 Å². The Morgan fingerprint density at radius 3 is 2.57 bits per heavy atom. The first-order valence-corrected chi connectivity index (χ1v) is 9.78. The van der Waals surface area contributed by atoms with E-state index in [4.69, 9.17) is 0 Å². The Labute approximate surface area is 134 Å². The number of hydrogen-bond acceptors (Lipinski definition) is 4. The molecule has 2 atom stereocenters. The normalized spacial score (nSPS) is 27.5. The fraction of sp³-hybridized carbons (Fsp3) is 0.938. The lowest BCUT2D eigenvalue weighted by molar-refractivity contribution is -0.130. The van der Waals surface area contributed by atoms with Crippen LogP contribution in [0.4, 0.5) is 0 Å². The number of carbonyl (C=O) groups excluding carboxylic acids is 1. The Kier molecular flexibility index (Phi) is 7.34. The highest BCUT2D eigenvalue weighted by Crippen LogP contribution is 2.19. The van der Waals surface area contributed by atoms with Crippen molar-refractivity contribution in [2.45, 2.75) is 58.2 Å². The highest BCUT2D eigenvalue weighted by molar-refractivity contribution is 7.99. The standard InChI is InChI=1S/C16H31N3OS/c1-3-5-7-14-16(20)19(15(17-14)6-4-2)9-8-18-10-12-21-13-11-18/h14-15,17H,3-13H2,1-2H3. The molecule has 2 fully saturated rings. The average Bonchev–Trinajstić information content (AvgIpc) is 2.80. The van der Waals surface area contributed by atoms with Crippen molar-refractivity contribution in [3.05, 3.63) is 0 Å². The number of hydrogen-bond donors (Lipinski definition) is 1. The Morgan fingerprint density at radius 1 is 1.14 bits per heavy atom. The van der Waals surface area contributed by atoms with Crippen molar-refractivity contribution in [1.82, 2.24) is 15.1 Å². The summed E-state index contributed by atoms with van der Waals surface area (Å²) in [6.45, 7) is 8.68. The lowest BCUT2D eigenvalue weighted by Crippen LogP contribution is -2.44. The summed E-state index contributed by atoms with van der Waals surface area (Å²) in [6, 6.07) is 0.0680. The van der Waals surface area contributed by atoms with Crippen LogP contribution in [0.25, 0.3) is 0 Å². The summed E-state index contributed by atoms with van der Waals surface area (Å²) in [5.74, 6) is 2.82. The van der Waals surface area contributed by atoms with Gasteiger partial charge in [-0.25, -0.2) is 0 Å². The minimum absolute atomic E-state index is 0.0680. The van der Waals surface area contributed by atoms with E-state index >= 15 is 0 Å². The van der Waals surface area contributed by atoms with Crippen LogP contribution in [0.15, 0.2) is 0 Å². The molecule has 2 aliphatic rings. The Hall–Kier alpha value is -0.260. The van der Waals surface area contributed by atoms with Crippen LogP contribution in [0.3, 0.4) is 0 Å². The zero-order chi connectivity index (χ0) is 15.1. The molecule has 0 bridgehead atoms. The van der Waals surface area contributed by atoms with Crippen molar-refractivity contribution >= 4 is 17.7 Å². The average molecular weight is 314 g/mol. The summed E-state index contributed by atoms with van der Waals surface area (Å²) in [6.07, 6.45) is 5.76. The summed E-state index contributed by atoms with van der Waals surface area (Å²) in [5.41, 5.74) is 0. The summed E-state index contributed by atoms with van der Waals surface area (Å²) < 4.78 is 0. The molecule has 5 heteroatoms. The van der Waals surface area contributed by atoms with Crippen molar-refractivity contribution in [2.75, 3.05) is 37.7 Å². The van der Waals surface area contributed by atoms with Gasteiger partial charge in [0.1, 0.15) is 0 Å². The predicted molar refractivity (Wildman–Crippen MR) is 90.6 cm³/mol. The minimum Gasteiger partial charge on any atom is -0.325 e. The number of nitrogens with one attached hydrogen (secondary N) is 1. The maximum atomic E-state index is 12.6. The van der Waals surface area contributed by atoms with E-state index in [0.29, 0.717) is 5.91 Å². The molecule has 21 heavy (non-hydrogen) atoms. The Bertz CT molecular complexity index is 321. The van der Waals surface area contributed by atoms with Crippen LogP contribution in [-0.2, 0) is 4.79 Å². The van der Waals surface area contributed by atoms with E-state index in [9.17, 15) is 4.79 Å². The van der Waals surface area contributed by atoms with E-state index in [0.717, 1.165) is 45.2 Å². The number of nitrogens with zero attached hydrogens (tertiary/aromatic N) is 2. The Morgan fingerprint density at radius 2 is 1.90 bits per heavy atom. The second-order valence-corrected chi connectivity index (χ2v) is 7.38. The zero-order valence-electron chi connectivity index (χ0n) is 13.6. The van der Waals surface area contributed by atoms with E-state index in [2.05, 4.69) is 29.0 Å². The number of carbonyl (C=O) groups is 1. The fourth-order valence-corrected chi connectivity index (χ4v) is 4.19. The highest BCUT2D eigenvalue weighted by atomic mass is 32.2. The van der Waals surface area contributed by atoms with Gasteiger partial charge in [-0.2, -0.15) is 11.8 Å². The van der Waals surface area contributed by atoms with E-state index in [1.54, 1.807) is 0 Å². The number of rotatable bonds is 8. The first-order chi connectivity index (χ1) is 10.3. The molecule has 1 amide bonds. The van der Waals surface area contributed by atoms with Gasteiger partial charge in [0.15, 0.2) is 0 Å². The molecule has 2 rings (SSSR count). The summed E-state index contributed by atoms with van der Waals surface area (Å²) in [4.78, 5) is 17.2. The largest absolute Gasteiger partial charge is 0.325 e. The van der Waals surface area contributed by atoms with E-state index in [-0.39, 0.29) is 12.2 Å². The molecule has 0 radical (unpaired) electrons. The van der Waals surface area contributed by atoms with E-state index in [1.165, 1.54) is 24.6 Å². The van der Waals surface area contributed by atoms with Gasteiger partial charge in [-0.05, 0) is 12.8 Å². The van der Waals surface area contributed by atoms with Crippen LogP contribution < -0.4 is 5.32 Å². The molecular weight excluding hydrogens is 282 g/mol. The first kappa shape index (κ1) is 17.1. The smallest absolute Gasteiger partial charge is 0.241 e. The molecule has 0 aromatic rings. The van der Waals surface area contributed by atoms with Gasteiger partial charge in [0.25, 0.3) is 0 Å².